The largest absolute Gasteiger partial charge is 0.367 e. The van der Waals surface area contributed by atoms with Crippen molar-refractivity contribution in [3.8, 4) is 11.4 Å². The molecule has 0 spiro atoms. The predicted molar refractivity (Wildman–Crippen MR) is 68.4 cm³/mol. The zero-order chi connectivity index (χ0) is 13.5. The normalized spacial score (nSPS) is 32.5. The van der Waals surface area contributed by atoms with Gasteiger partial charge in [0.1, 0.15) is 30.9 Å². The number of benzene rings is 1. The zero-order valence-corrected chi connectivity index (χ0v) is 10.9. The summed E-state index contributed by atoms with van der Waals surface area (Å²) in [7, 11) is 0. The lowest BCUT2D eigenvalue weighted by Crippen LogP contribution is -2.66. The van der Waals surface area contributed by atoms with Crippen molar-refractivity contribution in [1.82, 2.24) is 20.2 Å². The quantitative estimate of drug-likeness (QED) is 0.781. The van der Waals surface area contributed by atoms with Crippen molar-refractivity contribution in [2.24, 2.45) is 0 Å². The molecule has 0 radical (unpaired) electrons. The molecule has 2 aliphatic rings. The van der Waals surface area contributed by atoms with Crippen LogP contribution in [0.5, 0.6) is 0 Å². The number of tetrazole rings is 1. The third-order valence-electron chi connectivity index (χ3n) is 3.97. The molecule has 3 N–H and O–H groups in total. The lowest BCUT2D eigenvalue weighted by atomic mass is 10.1. The van der Waals surface area contributed by atoms with E-state index in [1.807, 2.05) is 35.0 Å². The summed E-state index contributed by atoms with van der Waals surface area (Å²) in [6, 6.07) is 10.1. The first-order valence-electron chi connectivity index (χ1n) is 6.74. The van der Waals surface area contributed by atoms with Gasteiger partial charge in [0.25, 0.3) is 0 Å². The summed E-state index contributed by atoms with van der Waals surface area (Å²) >= 11 is 0. The molecule has 20 heavy (non-hydrogen) atoms. The highest BCUT2D eigenvalue weighted by Gasteiger charge is 2.50. The van der Waals surface area contributed by atoms with E-state index in [4.69, 9.17) is 9.47 Å². The molecular weight excluding hydrogens is 258 g/mol. The van der Waals surface area contributed by atoms with E-state index < -0.39 is 0 Å². The van der Waals surface area contributed by atoms with Crippen LogP contribution in [-0.4, -0.2) is 51.7 Å². The van der Waals surface area contributed by atoms with E-state index in [1.165, 1.54) is 0 Å². The fourth-order valence-electron chi connectivity index (χ4n) is 2.96. The first-order valence-corrected chi connectivity index (χ1v) is 6.74. The maximum atomic E-state index is 5.81. The van der Waals surface area contributed by atoms with Gasteiger partial charge in [0, 0.05) is 5.56 Å². The summed E-state index contributed by atoms with van der Waals surface area (Å²) in [5.74, 6) is 0.746. The molecular formula is C13H16N5O2+. The minimum absolute atomic E-state index is 0.0107. The third-order valence-corrected chi connectivity index (χ3v) is 3.97. The number of quaternary nitrogens is 1. The molecule has 4 rings (SSSR count). The number of nitrogens with zero attached hydrogens (tertiary/aromatic N) is 4. The highest BCUT2D eigenvalue weighted by molar-refractivity contribution is 5.54. The Labute approximate surface area is 115 Å². The van der Waals surface area contributed by atoms with Gasteiger partial charge < -0.3 is 15.2 Å². The Balaban J connectivity index is 1.69. The van der Waals surface area contributed by atoms with Crippen LogP contribution in [-0.2, 0) is 9.47 Å². The molecule has 1 aromatic heterocycles. The molecule has 4 atom stereocenters. The van der Waals surface area contributed by atoms with Crippen LogP contribution >= 0.6 is 0 Å². The summed E-state index contributed by atoms with van der Waals surface area (Å²) in [4.78, 5) is 0. The van der Waals surface area contributed by atoms with E-state index in [0.29, 0.717) is 13.2 Å². The van der Waals surface area contributed by atoms with Gasteiger partial charge in [-0.25, -0.2) is 4.68 Å². The lowest BCUT2D eigenvalue weighted by Gasteiger charge is -2.16. The maximum absolute atomic E-state index is 5.81. The second-order valence-electron chi connectivity index (χ2n) is 5.24. The summed E-state index contributed by atoms with van der Waals surface area (Å²) < 4.78 is 13.4. The Kier molecular flexibility index (Phi) is 2.76. The first-order chi connectivity index (χ1) is 9.84. The minimum atomic E-state index is -0.0107. The van der Waals surface area contributed by atoms with Crippen LogP contribution in [0.25, 0.3) is 11.4 Å². The van der Waals surface area contributed by atoms with E-state index >= 15 is 0 Å². The summed E-state index contributed by atoms with van der Waals surface area (Å²) in [6.07, 6.45) is 0.0382. The van der Waals surface area contributed by atoms with Crippen molar-refractivity contribution in [3.63, 3.8) is 0 Å². The SMILES string of the molecule is [NH3+][C@H]1CO[C@H]2[C@@H]1OC[C@@H]2n1nnnc1-c1ccccc1. The molecule has 0 unspecified atom stereocenters. The minimum Gasteiger partial charge on any atom is -0.367 e. The van der Waals surface area contributed by atoms with Crippen LogP contribution in [0.4, 0.5) is 0 Å². The predicted octanol–water partition coefficient (Wildman–Crippen LogP) is -0.711. The van der Waals surface area contributed by atoms with Crippen molar-refractivity contribution in [1.29, 1.82) is 0 Å². The van der Waals surface area contributed by atoms with Gasteiger partial charge in [0.2, 0.25) is 0 Å². The van der Waals surface area contributed by atoms with Crippen LogP contribution in [0, 0.1) is 0 Å². The number of ether oxygens (including phenoxy) is 2. The molecule has 2 aromatic rings. The molecule has 0 bridgehead atoms. The lowest BCUT2D eigenvalue weighted by molar-refractivity contribution is -0.430. The molecule has 7 nitrogen and oxygen atoms in total. The second kappa shape index (κ2) is 4.62. The van der Waals surface area contributed by atoms with Gasteiger partial charge in [-0.3, -0.25) is 0 Å². The van der Waals surface area contributed by atoms with E-state index in [9.17, 15) is 0 Å². The first kappa shape index (κ1) is 12.0. The van der Waals surface area contributed by atoms with Crippen LogP contribution in [0.1, 0.15) is 6.04 Å². The number of fused-ring (bicyclic) bond motifs is 1. The molecule has 0 amide bonds. The Morgan fingerprint density at radius 1 is 1.10 bits per heavy atom. The van der Waals surface area contributed by atoms with E-state index in [2.05, 4.69) is 21.3 Å². The van der Waals surface area contributed by atoms with Crippen molar-refractivity contribution in [3.05, 3.63) is 30.3 Å². The van der Waals surface area contributed by atoms with Gasteiger partial charge in [0.15, 0.2) is 5.82 Å². The number of aromatic nitrogens is 4. The molecule has 7 heteroatoms. The van der Waals surface area contributed by atoms with E-state index in [0.717, 1.165) is 11.4 Å². The zero-order valence-electron chi connectivity index (χ0n) is 10.9. The van der Waals surface area contributed by atoms with Gasteiger partial charge in [-0.2, -0.15) is 0 Å². The highest BCUT2D eigenvalue weighted by atomic mass is 16.6. The summed E-state index contributed by atoms with van der Waals surface area (Å²) in [5, 5.41) is 12.1. The van der Waals surface area contributed by atoms with E-state index in [-0.39, 0.29) is 24.3 Å². The molecule has 2 fully saturated rings. The van der Waals surface area contributed by atoms with Crippen LogP contribution in [0.3, 0.4) is 0 Å². The van der Waals surface area contributed by atoms with Crippen molar-refractivity contribution >= 4 is 0 Å². The van der Waals surface area contributed by atoms with Gasteiger partial charge in [0.05, 0.1) is 6.61 Å². The molecule has 3 heterocycles. The molecule has 0 aliphatic carbocycles. The van der Waals surface area contributed by atoms with Crippen LogP contribution < -0.4 is 5.73 Å². The standard InChI is InChI=1S/C13H15N5O2/c14-9-6-19-12-10(7-20-11(9)12)18-13(15-16-17-18)8-4-2-1-3-5-8/h1-5,9-12H,6-7,14H2/p+1/t9-,10-,11+,12+/m0/s1. The fraction of sp³-hybridized carbons (Fsp3) is 0.462. The average Bonchev–Trinajstić information content (AvgIpc) is 3.17. The topological polar surface area (TPSA) is 89.7 Å². The van der Waals surface area contributed by atoms with Crippen molar-refractivity contribution < 1.29 is 15.2 Å². The summed E-state index contributed by atoms with van der Waals surface area (Å²) in [5.41, 5.74) is 5.06. The molecule has 104 valence electrons. The van der Waals surface area contributed by atoms with Gasteiger partial charge in [-0.05, 0) is 10.4 Å². The second-order valence-corrected chi connectivity index (χ2v) is 5.24. The Morgan fingerprint density at radius 2 is 1.90 bits per heavy atom. The van der Waals surface area contributed by atoms with Gasteiger partial charge in [-0.1, -0.05) is 30.3 Å². The summed E-state index contributed by atoms with van der Waals surface area (Å²) in [6.45, 7) is 1.20. The third kappa shape index (κ3) is 1.75. The van der Waals surface area contributed by atoms with Crippen molar-refractivity contribution in [2.45, 2.75) is 24.3 Å². The molecule has 1 aromatic carbocycles. The number of hydrogen-bond donors (Lipinski definition) is 1. The van der Waals surface area contributed by atoms with Gasteiger partial charge >= 0.3 is 0 Å². The molecule has 0 saturated carbocycles. The number of hydrogen-bond acceptors (Lipinski definition) is 5. The van der Waals surface area contributed by atoms with E-state index in [1.54, 1.807) is 0 Å². The molecule has 2 aliphatic heterocycles. The van der Waals surface area contributed by atoms with Crippen molar-refractivity contribution in [2.75, 3.05) is 13.2 Å². The van der Waals surface area contributed by atoms with Crippen LogP contribution in [0.15, 0.2) is 30.3 Å². The Morgan fingerprint density at radius 3 is 2.75 bits per heavy atom. The maximum Gasteiger partial charge on any atom is 0.182 e. The highest BCUT2D eigenvalue weighted by Crippen LogP contribution is 2.34. The fourth-order valence-corrected chi connectivity index (χ4v) is 2.96. The van der Waals surface area contributed by atoms with Crippen LogP contribution in [0.2, 0.25) is 0 Å². The monoisotopic (exact) mass is 274 g/mol. The Bertz CT molecular complexity index is 602. The number of rotatable bonds is 2. The smallest absolute Gasteiger partial charge is 0.182 e. The Hall–Kier alpha value is -1.83. The van der Waals surface area contributed by atoms with Gasteiger partial charge in [-0.15, -0.1) is 5.10 Å². The molecule has 2 saturated heterocycles. The average molecular weight is 274 g/mol.